The van der Waals surface area contributed by atoms with Crippen molar-refractivity contribution in [3.63, 3.8) is 0 Å². The third kappa shape index (κ3) is 3.67. The molecule has 1 aliphatic heterocycles. The molecule has 0 spiro atoms. The van der Waals surface area contributed by atoms with Gasteiger partial charge in [0.1, 0.15) is 0 Å². The Hall–Kier alpha value is -0.120. The first-order valence-corrected chi connectivity index (χ1v) is 7.40. The van der Waals surface area contributed by atoms with Crippen molar-refractivity contribution >= 4 is 0 Å². The molecule has 2 rings (SSSR count). The van der Waals surface area contributed by atoms with Gasteiger partial charge in [-0.3, -0.25) is 4.90 Å². The Morgan fingerprint density at radius 3 is 2.41 bits per heavy atom. The van der Waals surface area contributed by atoms with Gasteiger partial charge in [0, 0.05) is 38.3 Å². The highest BCUT2D eigenvalue weighted by atomic mass is 15.3. The molecule has 1 atom stereocenters. The van der Waals surface area contributed by atoms with Gasteiger partial charge in [-0.25, -0.2) is 0 Å². The molecule has 1 unspecified atom stereocenters. The van der Waals surface area contributed by atoms with Crippen LogP contribution in [0, 0.1) is 0 Å². The van der Waals surface area contributed by atoms with Gasteiger partial charge in [-0.05, 0) is 26.9 Å². The van der Waals surface area contributed by atoms with E-state index in [4.69, 9.17) is 0 Å². The monoisotopic (exact) mass is 239 g/mol. The van der Waals surface area contributed by atoms with Crippen LogP contribution in [0.2, 0.25) is 0 Å². The first-order valence-electron chi connectivity index (χ1n) is 7.40. The Morgan fingerprint density at radius 2 is 1.76 bits per heavy atom. The smallest absolute Gasteiger partial charge is 0.0351 e. The fourth-order valence-corrected chi connectivity index (χ4v) is 3.51. The molecule has 0 aromatic carbocycles. The molecule has 100 valence electrons. The highest BCUT2D eigenvalue weighted by molar-refractivity contribution is 4.87. The maximum atomic E-state index is 3.37. The summed E-state index contributed by atoms with van der Waals surface area (Å²) in [6.45, 7) is 4.89. The minimum atomic E-state index is 0.724. The number of piperazine rings is 1. The summed E-state index contributed by atoms with van der Waals surface area (Å²) < 4.78 is 0. The van der Waals surface area contributed by atoms with Gasteiger partial charge in [0.15, 0.2) is 0 Å². The molecule has 1 heterocycles. The molecule has 3 heteroatoms. The van der Waals surface area contributed by atoms with E-state index >= 15 is 0 Å². The number of hydrogen-bond donors (Lipinski definition) is 1. The van der Waals surface area contributed by atoms with Crippen LogP contribution < -0.4 is 5.32 Å². The summed E-state index contributed by atoms with van der Waals surface area (Å²) in [6.07, 6.45) is 8.68. The van der Waals surface area contributed by atoms with Crippen LogP contribution in [-0.4, -0.2) is 62.2 Å². The van der Waals surface area contributed by atoms with Crippen LogP contribution in [0.3, 0.4) is 0 Å². The molecule has 2 aliphatic rings. The van der Waals surface area contributed by atoms with Crippen molar-refractivity contribution in [3.8, 4) is 0 Å². The molecule has 1 saturated heterocycles. The van der Waals surface area contributed by atoms with Gasteiger partial charge in [0.2, 0.25) is 0 Å². The van der Waals surface area contributed by atoms with Crippen molar-refractivity contribution in [2.24, 2.45) is 0 Å². The molecule has 0 bridgehead atoms. The van der Waals surface area contributed by atoms with Gasteiger partial charge >= 0.3 is 0 Å². The number of likely N-dealkylation sites (N-methyl/N-ethyl adjacent to an activating group) is 2. The summed E-state index contributed by atoms with van der Waals surface area (Å²) in [5.74, 6) is 0. The molecule has 0 radical (unpaired) electrons. The number of rotatable bonds is 3. The van der Waals surface area contributed by atoms with Gasteiger partial charge < -0.3 is 10.2 Å². The zero-order valence-corrected chi connectivity index (χ0v) is 11.6. The van der Waals surface area contributed by atoms with E-state index in [9.17, 15) is 0 Å². The zero-order valence-electron chi connectivity index (χ0n) is 11.6. The topological polar surface area (TPSA) is 18.5 Å². The van der Waals surface area contributed by atoms with Gasteiger partial charge in [0.05, 0.1) is 0 Å². The molecule has 0 aromatic heterocycles. The second-order valence-corrected chi connectivity index (χ2v) is 5.86. The fraction of sp³-hybridized carbons (Fsp3) is 1.00. The molecule has 1 saturated carbocycles. The predicted molar refractivity (Wildman–Crippen MR) is 73.4 cm³/mol. The van der Waals surface area contributed by atoms with Crippen LogP contribution in [0.5, 0.6) is 0 Å². The first-order chi connectivity index (χ1) is 8.31. The Morgan fingerprint density at radius 1 is 1.06 bits per heavy atom. The van der Waals surface area contributed by atoms with E-state index in [0.29, 0.717) is 0 Å². The quantitative estimate of drug-likeness (QED) is 0.754. The zero-order chi connectivity index (χ0) is 12.1. The standard InChI is InChI=1S/C14H29N3/c1-15-11-14-12-16(2)9-10-17(14)13-7-5-3-4-6-8-13/h13-15H,3-12H2,1-2H3. The van der Waals surface area contributed by atoms with E-state index < -0.39 is 0 Å². The highest BCUT2D eigenvalue weighted by Gasteiger charge is 2.30. The van der Waals surface area contributed by atoms with Crippen LogP contribution >= 0.6 is 0 Å². The van der Waals surface area contributed by atoms with Crippen molar-refractivity contribution < 1.29 is 0 Å². The fourth-order valence-electron chi connectivity index (χ4n) is 3.51. The van der Waals surface area contributed by atoms with Crippen molar-refractivity contribution in [1.82, 2.24) is 15.1 Å². The molecule has 0 amide bonds. The lowest BCUT2D eigenvalue weighted by atomic mass is 10.0. The molecule has 1 aliphatic carbocycles. The molecule has 2 fully saturated rings. The Kier molecular flexibility index (Phi) is 5.26. The summed E-state index contributed by atoms with van der Waals surface area (Å²) >= 11 is 0. The number of hydrogen-bond acceptors (Lipinski definition) is 3. The third-order valence-electron chi connectivity index (χ3n) is 4.46. The summed E-state index contributed by atoms with van der Waals surface area (Å²) in [5.41, 5.74) is 0. The van der Waals surface area contributed by atoms with Crippen LogP contribution in [0.15, 0.2) is 0 Å². The lowest BCUT2D eigenvalue weighted by Gasteiger charge is -2.44. The number of nitrogens with one attached hydrogen (secondary N) is 1. The van der Waals surface area contributed by atoms with Gasteiger partial charge in [0.25, 0.3) is 0 Å². The molecule has 0 aromatic rings. The lowest BCUT2D eigenvalue weighted by molar-refractivity contribution is 0.0467. The van der Waals surface area contributed by atoms with Crippen molar-refractivity contribution in [3.05, 3.63) is 0 Å². The van der Waals surface area contributed by atoms with E-state index in [-0.39, 0.29) is 0 Å². The largest absolute Gasteiger partial charge is 0.318 e. The maximum absolute atomic E-state index is 3.37. The van der Waals surface area contributed by atoms with Crippen LogP contribution in [0.25, 0.3) is 0 Å². The first kappa shape index (κ1) is 13.3. The second-order valence-electron chi connectivity index (χ2n) is 5.86. The Labute approximate surface area is 107 Å². The third-order valence-corrected chi connectivity index (χ3v) is 4.46. The average Bonchev–Trinajstić information content (AvgIpc) is 2.58. The van der Waals surface area contributed by atoms with E-state index in [1.165, 1.54) is 58.2 Å². The molecule has 3 nitrogen and oxygen atoms in total. The Balaban J connectivity index is 1.95. The Bertz CT molecular complexity index is 210. The molecule has 1 N–H and O–H groups in total. The van der Waals surface area contributed by atoms with Crippen LogP contribution in [-0.2, 0) is 0 Å². The molecule has 17 heavy (non-hydrogen) atoms. The van der Waals surface area contributed by atoms with Crippen molar-refractivity contribution in [2.45, 2.75) is 50.6 Å². The SMILES string of the molecule is CNCC1CN(C)CCN1C1CCCCCC1. The minimum Gasteiger partial charge on any atom is -0.318 e. The molecular weight excluding hydrogens is 210 g/mol. The average molecular weight is 239 g/mol. The van der Waals surface area contributed by atoms with Gasteiger partial charge in [-0.1, -0.05) is 25.7 Å². The van der Waals surface area contributed by atoms with E-state index in [1.54, 1.807) is 0 Å². The van der Waals surface area contributed by atoms with E-state index in [1.807, 2.05) is 0 Å². The summed E-state index contributed by atoms with van der Waals surface area (Å²) in [4.78, 5) is 5.29. The normalized spacial score (nSPS) is 30.4. The number of nitrogens with zero attached hydrogens (tertiary/aromatic N) is 2. The minimum absolute atomic E-state index is 0.724. The van der Waals surface area contributed by atoms with Gasteiger partial charge in [-0.2, -0.15) is 0 Å². The van der Waals surface area contributed by atoms with E-state index in [2.05, 4.69) is 29.2 Å². The van der Waals surface area contributed by atoms with Crippen molar-refractivity contribution in [2.75, 3.05) is 40.3 Å². The lowest BCUT2D eigenvalue weighted by Crippen LogP contribution is -2.58. The van der Waals surface area contributed by atoms with E-state index in [0.717, 1.165) is 18.6 Å². The van der Waals surface area contributed by atoms with Gasteiger partial charge in [-0.15, -0.1) is 0 Å². The molecular formula is C14H29N3. The van der Waals surface area contributed by atoms with Crippen LogP contribution in [0.1, 0.15) is 38.5 Å². The maximum Gasteiger partial charge on any atom is 0.0351 e. The summed E-state index contributed by atoms with van der Waals surface area (Å²) in [6, 6.07) is 1.59. The summed E-state index contributed by atoms with van der Waals surface area (Å²) in [7, 11) is 4.34. The highest BCUT2D eigenvalue weighted by Crippen LogP contribution is 2.24. The summed E-state index contributed by atoms with van der Waals surface area (Å²) in [5, 5.41) is 3.37. The second kappa shape index (κ2) is 6.72. The predicted octanol–water partition coefficient (Wildman–Crippen LogP) is 1.54. The van der Waals surface area contributed by atoms with Crippen LogP contribution in [0.4, 0.5) is 0 Å². The van der Waals surface area contributed by atoms with Crippen molar-refractivity contribution in [1.29, 1.82) is 0 Å².